The third-order valence-corrected chi connectivity index (χ3v) is 5.54. The van der Waals surface area contributed by atoms with E-state index >= 15 is 0 Å². The number of benzene rings is 1. The first-order valence-corrected chi connectivity index (χ1v) is 8.00. The molecule has 3 unspecified atom stereocenters. The van der Waals surface area contributed by atoms with Gasteiger partial charge >= 0.3 is 0 Å². The molecular weight excluding hydrogens is 244 g/mol. The summed E-state index contributed by atoms with van der Waals surface area (Å²) >= 11 is 0. The number of aryl methyl sites for hydroxylation is 3. The third kappa shape index (κ3) is 2.79. The van der Waals surface area contributed by atoms with Gasteiger partial charge in [-0.2, -0.15) is 0 Å². The molecule has 0 aromatic heterocycles. The Morgan fingerprint density at radius 3 is 2.20 bits per heavy atom. The maximum absolute atomic E-state index is 10.6. The second-order valence-corrected chi connectivity index (χ2v) is 7.57. The topological polar surface area (TPSA) is 20.2 Å². The first-order valence-electron chi connectivity index (χ1n) is 8.00. The minimum Gasteiger partial charge on any atom is -0.393 e. The average Bonchev–Trinajstić information content (AvgIpc) is 2.33. The summed E-state index contributed by atoms with van der Waals surface area (Å²) in [4.78, 5) is 0. The van der Waals surface area contributed by atoms with Gasteiger partial charge in [-0.3, -0.25) is 0 Å². The van der Waals surface area contributed by atoms with Gasteiger partial charge in [0.15, 0.2) is 0 Å². The fourth-order valence-corrected chi connectivity index (χ4v) is 4.05. The number of aliphatic hydroxyl groups is 1. The fourth-order valence-electron chi connectivity index (χ4n) is 4.05. The Morgan fingerprint density at radius 2 is 1.60 bits per heavy atom. The Kier molecular flexibility index (Phi) is 4.30. The van der Waals surface area contributed by atoms with Crippen molar-refractivity contribution in [3.63, 3.8) is 0 Å². The van der Waals surface area contributed by atoms with Gasteiger partial charge < -0.3 is 5.11 Å². The van der Waals surface area contributed by atoms with Crippen LogP contribution in [-0.4, -0.2) is 11.2 Å². The van der Waals surface area contributed by atoms with Crippen molar-refractivity contribution in [3.05, 3.63) is 34.4 Å². The highest BCUT2D eigenvalue weighted by Gasteiger charge is 2.39. The molecule has 20 heavy (non-hydrogen) atoms. The normalized spacial score (nSPS) is 27.6. The Morgan fingerprint density at radius 1 is 1.00 bits per heavy atom. The predicted molar refractivity (Wildman–Crippen MR) is 86.2 cm³/mol. The van der Waals surface area contributed by atoms with Crippen molar-refractivity contribution in [2.45, 2.75) is 72.3 Å². The zero-order valence-electron chi connectivity index (χ0n) is 14.0. The average molecular weight is 274 g/mol. The van der Waals surface area contributed by atoms with Gasteiger partial charge in [0.25, 0.3) is 0 Å². The fraction of sp³-hybridized carbons (Fsp3) is 0.684. The summed E-state index contributed by atoms with van der Waals surface area (Å²) in [6.45, 7) is 13.5. The number of rotatable bonds is 2. The van der Waals surface area contributed by atoms with Gasteiger partial charge in [0.05, 0.1) is 6.10 Å². The molecular formula is C19H30O. The summed E-state index contributed by atoms with van der Waals surface area (Å²) in [5.41, 5.74) is 5.54. The monoisotopic (exact) mass is 274 g/mol. The minimum absolute atomic E-state index is 0.0437. The van der Waals surface area contributed by atoms with Crippen LogP contribution in [0.5, 0.6) is 0 Å². The van der Waals surface area contributed by atoms with Crippen LogP contribution >= 0.6 is 0 Å². The Balaban J connectivity index is 2.37. The maximum Gasteiger partial charge on any atom is 0.0579 e. The molecule has 1 heteroatoms. The van der Waals surface area contributed by atoms with Crippen molar-refractivity contribution in [2.75, 3.05) is 0 Å². The summed E-state index contributed by atoms with van der Waals surface area (Å²) in [5.74, 6) is 1.04. The van der Waals surface area contributed by atoms with Gasteiger partial charge in [-0.15, -0.1) is 0 Å². The van der Waals surface area contributed by atoms with E-state index in [-0.39, 0.29) is 11.5 Å². The van der Waals surface area contributed by atoms with Crippen LogP contribution in [0.4, 0.5) is 0 Å². The van der Waals surface area contributed by atoms with Crippen LogP contribution in [0.15, 0.2) is 12.1 Å². The lowest BCUT2D eigenvalue weighted by Gasteiger charge is -2.43. The number of hydrogen-bond acceptors (Lipinski definition) is 1. The number of hydrogen-bond donors (Lipinski definition) is 1. The summed E-state index contributed by atoms with van der Waals surface area (Å²) in [7, 11) is 0. The zero-order valence-corrected chi connectivity index (χ0v) is 14.0. The van der Waals surface area contributed by atoms with Gasteiger partial charge in [-0.1, -0.05) is 39.3 Å². The molecule has 1 aliphatic rings. The van der Waals surface area contributed by atoms with Crippen LogP contribution in [0, 0.1) is 32.6 Å². The molecule has 1 aliphatic carbocycles. The molecule has 1 fully saturated rings. The molecule has 1 N–H and O–H groups in total. The van der Waals surface area contributed by atoms with E-state index in [4.69, 9.17) is 0 Å². The molecule has 0 bridgehead atoms. The molecule has 1 nitrogen and oxygen atoms in total. The largest absolute Gasteiger partial charge is 0.393 e. The van der Waals surface area contributed by atoms with Crippen LogP contribution in [-0.2, 0) is 5.41 Å². The number of aliphatic hydroxyl groups excluding tert-OH is 1. The molecule has 0 amide bonds. The lowest BCUT2D eigenvalue weighted by molar-refractivity contribution is 0.0142. The van der Waals surface area contributed by atoms with Crippen LogP contribution in [0.3, 0.4) is 0 Å². The van der Waals surface area contributed by atoms with Crippen molar-refractivity contribution in [2.24, 2.45) is 11.8 Å². The second kappa shape index (κ2) is 5.52. The molecule has 0 heterocycles. The van der Waals surface area contributed by atoms with Crippen molar-refractivity contribution >= 4 is 0 Å². The molecule has 112 valence electrons. The van der Waals surface area contributed by atoms with E-state index in [2.05, 4.69) is 53.7 Å². The first kappa shape index (κ1) is 15.6. The molecule has 1 saturated carbocycles. The van der Waals surface area contributed by atoms with Gasteiger partial charge in [0, 0.05) is 0 Å². The molecule has 0 radical (unpaired) electrons. The predicted octanol–water partition coefficient (Wildman–Crippen LogP) is 4.69. The zero-order chi connectivity index (χ0) is 15.1. The molecule has 0 saturated heterocycles. The van der Waals surface area contributed by atoms with Crippen LogP contribution in [0.2, 0.25) is 0 Å². The third-order valence-electron chi connectivity index (χ3n) is 5.54. The van der Waals surface area contributed by atoms with E-state index in [1.165, 1.54) is 28.7 Å². The van der Waals surface area contributed by atoms with Crippen LogP contribution < -0.4 is 0 Å². The summed E-state index contributed by atoms with van der Waals surface area (Å²) in [6.07, 6.45) is 3.18. The molecule has 1 aromatic carbocycles. The smallest absolute Gasteiger partial charge is 0.0579 e. The van der Waals surface area contributed by atoms with Crippen LogP contribution in [0.25, 0.3) is 0 Å². The quantitative estimate of drug-likeness (QED) is 0.829. The Bertz CT molecular complexity index is 487. The summed E-state index contributed by atoms with van der Waals surface area (Å²) in [6, 6.07) is 4.64. The molecule has 3 atom stereocenters. The van der Waals surface area contributed by atoms with Gasteiger partial charge in [-0.25, -0.2) is 0 Å². The van der Waals surface area contributed by atoms with Crippen molar-refractivity contribution in [1.82, 2.24) is 0 Å². The highest BCUT2D eigenvalue weighted by atomic mass is 16.3. The second-order valence-electron chi connectivity index (χ2n) is 7.57. The lowest BCUT2D eigenvalue weighted by Crippen LogP contribution is -2.41. The maximum atomic E-state index is 10.6. The van der Waals surface area contributed by atoms with Gasteiger partial charge in [0.1, 0.15) is 0 Å². The van der Waals surface area contributed by atoms with E-state index in [1.54, 1.807) is 0 Å². The molecule has 0 spiro atoms. The van der Waals surface area contributed by atoms with E-state index in [0.717, 1.165) is 12.8 Å². The lowest BCUT2D eigenvalue weighted by atomic mass is 9.63. The highest BCUT2D eigenvalue weighted by molar-refractivity contribution is 5.41. The van der Waals surface area contributed by atoms with E-state index < -0.39 is 0 Å². The SMILES string of the molecule is Cc1cc(C)c(C(C)(C)C2CCC(C)CC2O)cc1C. The highest BCUT2D eigenvalue weighted by Crippen LogP contribution is 2.43. The van der Waals surface area contributed by atoms with Crippen LogP contribution in [0.1, 0.15) is 62.3 Å². The van der Waals surface area contributed by atoms with Gasteiger partial charge in [-0.05, 0) is 73.1 Å². The van der Waals surface area contributed by atoms with Crippen molar-refractivity contribution < 1.29 is 5.11 Å². The van der Waals surface area contributed by atoms with Crippen molar-refractivity contribution in [3.8, 4) is 0 Å². The Labute approximate surface area is 124 Å². The van der Waals surface area contributed by atoms with E-state index in [9.17, 15) is 5.11 Å². The Hall–Kier alpha value is -0.820. The first-order chi connectivity index (χ1) is 9.23. The molecule has 0 aliphatic heterocycles. The van der Waals surface area contributed by atoms with E-state index in [1.807, 2.05) is 0 Å². The molecule has 1 aromatic rings. The summed E-state index contributed by atoms with van der Waals surface area (Å²) < 4.78 is 0. The standard InChI is InChI=1S/C19H30O/c1-12-7-8-16(18(20)9-12)19(5,6)17-11-14(3)13(2)10-15(17)4/h10-12,16,18,20H,7-9H2,1-6H3. The summed E-state index contributed by atoms with van der Waals surface area (Å²) in [5, 5.41) is 10.6. The minimum atomic E-state index is -0.158. The van der Waals surface area contributed by atoms with E-state index in [0.29, 0.717) is 11.8 Å². The van der Waals surface area contributed by atoms with Gasteiger partial charge in [0.2, 0.25) is 0 Å². The van der Waals surface area contributed by atoms with Crippen molar-refractivity contribution in [1.29, 1.82) is 0 Å². The molecule has 2 rings (SSSR count).